The van der Waals surface area contributed by atoms with Gasteiger partial charge in [0.1, 0.15) is 5.82 Å². The van der Waals surface area contributed by atoms with Gasteiger partial charge in [-0.1, -0.05) is 26.8 Å². The first-order valence-electron chi connectivity index (χ1n) is 7.21. The first-order valence-corrected chi connectivity index (χ1v) is 7.21. The molecule has 4 heteroatoms. The van der Waals surface area contributed by atoms with Crippen molar-refractivity contribution in [1.82, 2.24) is 9.55 Å². The van der Waals surface area contributed by atoms with Crippen LogP contribution < -0.4 is 0 Å². The number of carbonyl (C=O) groups is 1. The van der Waals surface area contributed by atoms with Gasteiger partial charge in [0, 0.05) is 13.0 Å². The second kappa shape index (κ2) is 6.07. The van der Waals surface area contributed by atoms with E-state index in [1.54, 1.807) is 0 Å². The van der Waals surface area contributed by atoms with Gasteiger partial charge in [-0.15, -0.1) is 0 Å². The summed E-state index contributed by atoms with van der Waals surface area (Å²) in [7, 11) is 0. The van der Waals surface area contributed by atoms with Gasteiger partial charge in [0.25, 0.3) is 0 Å². The van der Waals surface area contributed by atoms with Crippen LogP contribution in [0.1, 0.15) is 38.6 Å². The van der Waals surface area contributed by atoms with Crippen LogP contribution in [0.25, 0.3) is 11.0 Å². The molecule has 108 valence electrons. The van der Waals surface area contributed by atoms with Crippen LogP contribution in [0.5, 0.6) is 0 Å². The summed E-state index contributed by atoms with van der Waals surface area (Å²) < 4.78 is 2.17. The van der Waals surface area contributed by atoms with Gasteiger partial charge < -0.3 is 9.67 Å². The zero-order valence-electron chi connectivity index (χ0n) is 12.4. The Labute approximate surface area is 119 Å². The molecule has 2 rings (SSSR count). The number of carboxylic acids is 1. The maximum absolute atomic E-state index is 10.8. The zero-order chi connectivity index (χ0) is 14.7. The van der Waals surface area contributed by atoms with Crippen molar-refractivity contribution in [3.63, 3.8) is 0 Å². The molecular formula is C16H22N2O2. The van der Waals surface area contributed by atoms with E-state index in [2.05, 4.69) is 48.5 Å². The van der Waals surface area contributed by atoms with E-state index in [0.29, 0.717) is 12.3 Å². The maximum atomic E-state index is 10.8. The van der Waals surface area contributed by atoms with Gasteiger partial charge in [0.15, 0.2) is 0 Å². The second-order valence-corrected chi connectivity index (χ2v) is 5.60. The fourth-order valence-electron chi connectivity index (χ4n) is 2.42. The summed E-state index contributed by atoms with van der Waals surface area (Å²) in [5.41, 5.74) is 3.35. The first kappa shape index (κ1) is 14.6. The van der Waals surface area contributed by atoms with Crippen molar-refractivity contribution in [2.24, 2.45) is 5.92 Å². The average molecular weight is 274 g/mol. The Hall–Kier alpha value is -1.84. The molecule has 0 fully saturated rings. The highest BCUT2D eigenvalue weighted by Gasteiger charge is 2.13. The quantitative estimate of drug-likeness (QED) is 0.879. The van der Waals surface area contributed by atoms with E-state index in [0.717, 1.165) is 29.8 Å². The first-order chi connectivity index (χ1) is 9.51. The number of benzene rings is 1. The minimum absolute atomic E-state index is 0.127. The van der Waals surface area contributed by atoms with Crippen LogP contribution in [0.15, 0.2) is 18.2 Å². The van der Waals surface area contributed by atoms with Crippen LogP contribution in [0.4, 0.5) is 0 Å². The smallest absolute Gasteiger partial charge is 0.303 e. The number of carboxylic acid groups (broad SMARTS) is 1. The molecule has 0 aliphatic carbocycles. The molecule has 2 aromatic rings. The lowest BCUT2D eigenvalue weighted by atomic mass is 10.1. The molecule has 0 aliphatic heterocycles. The van der Waals surface area contributed by atoms with Gasteiger partial charge in [-0.3, -0.25) is 4.79 Å². The van der Waals surface area contributed by atoms with Gasteiger partial charge in [0.05, 0.1) is 17.5 Å². The monoisotopic (exact) mass is 274 g/mol. The molecule has 0 unspecified atom stereocenters. The number of nitrogens with zero attached hydrogens (tertiary/aromatic N) is 2. The number of hydrogen-bond acceptors (Lipinski definition) is 2. The lowest BCUT2D eigenvalue weighted by Crippen LogP contribution is -2.10. The number of rotatable bonds is 6. The van der Waals surface area contributed by atoms with Gasteiger partial charge in [-0.25, -0.2) is 4.98 Å². The van der Waals surface area contributed by atoms with E-state index >= 15 is 0 Å². The van der Waals surface area contributed by atoms with Gasteiger partial charge in [-0.05, 0) is 30.0 Å². The van der Waals surface area contributed by atoms with Crippen molar-refractivity contribution in [2.75, 3.05) is 0 Å². The Morgan fingerprint density at radius 3 is 2.75 bits per heavy atom. The van der Waals surface area contributed by atoms with Crippen molar-refractivity contribution in [3.8, 4) is 0 Å². The largest absolute Gasteiger partial charge is 0.481 e. The summed E-state index contributed by atoms with van der Waals surface area (Å²) >= 11 is 0. The van der Waals surface area contributed by atoms with E-state index < -0.39 is 5.97 Å². The van der Waals surface area contributed by atoms with E-state index in [1.165, 1.54) is 5.56 Å². The third-order valence-electron chi connectivity index (χ3n) is 3.41. The number of aliphatic carboxylic acids is 1. The Balaban J connectivity index is 2.44. The fourth-order valence-corrected chi connectivity index (χ4v) is 2.42. The minimum atomic E-state index is -0.776. The molecule has 0 bridgehead atoms. The number of aryl methyl sites for hydroxylation is 2. The SMILES string of the molecule is CCc1ccc2c(c1)nc(CCC(=O)O)n2CC(C)C. The molecule has 1 N–H and O–H groups in total. The molecule has 1 heterocycles. The van der Waals surface area contributed by atoms with Crippen molar-refractivity contribution in [3.05, 3.63) is 29.6 Å². The summed E-state index contributed by atoms with van der Waals surface area (Å²) in [4.78, 5) is 15.4. The normalized spacial score (nSPS) is 11.4. The lowest BCUT2D eigenvalue weighted by molar-refractivity contribution is -0.137. The van der Waals surface area contributed by atoms with Crippen LogP contribution in [-0.4, -0.2) is 20.6 Å². The van der Waals surface area contributed by atoms with E-state index in [4.69, 9.17) is 5.11 Å². The Bertz CT molecular complexity index is 614. The van der Waals surface area contributed by atoms with Gasteiger partial charge in [0.2, 0.25) is 0 Å². The molecule has 4 nitrogen and oxygen atoms in total. The van der Waals surface area contributed by atoms with Crippen LogP contribution in [0.3, 0.4) is 0 Å². The third-order valence-corrected chi connectivity index (χ3v) is 3.41. The molecule has 0 atom stereocenters. The van der Waals surface area contributed by atoms with Gasteiger partial charge >= 0.3 is 5.97 Å². The molecule has 0 radical (unpaired) electrons. The van der Waals surface area contributed by atoms with Crippen molar-refractivity contribution in [1.29, 1.82) is 0 Å². The second-order valence-electron chi connectivity index (χ2n) is 5.60. The topological polar surface area (TPSA) is 55.1 Å². The number of hydrogen-bond donors (Lipinski definition) is 1. The molecule has 0 saturated heterocycles. The highest BCUT2D eigenvalue weighted by Crippen LogP contribution is 2.21. The zero-order valence-corrected chi connectivity index (χ0v) is 12.4. The molecular weight excluding hydrogens is 252 g/mol. The lowest BCUT2D eigenvalue weighted by Gasteiger charge is -2.11. The van der Waals surface area contributed by atoms with Crippen molar-refractivity contribution >= 4 is 17.0 Å². The van der Waals surface area contributed by atoms with Crippen molar-refractivity contribution < 1.29 is 9.90 Å². The number of imidazole rings is 1. The van der Waals surface area contributed by atoms with Crippen molar-refractivity contribution in [2.45, 2.75) is 46.6 Å². The molecule has 0 saturated carbocycles. The summed E-state index contributed by atoms with van der Waals surface area (Å²) in [5.74, 6) is 0.605. The average Bonchev–Trinajstić information content (AvgIpc) is 2.73. The highest BCUT2D eigenvalue weighted by molar-refractivity contribution is 5.77. The van der Waals surface area contributed by atoms with Crippen LogP contribution >= 0.6 is 0 Å². The van der Waals surface area contributed by atoms with Crippen LogP contribution in [0, 0.1) is 5.92 Å². The summed E-state index contributed by atoms with van der Waals surface area (Å²) in [6.07, 6.45) is 1.59. The molecule has 1 aromatic heterocycles. The molecule has 0 amide bonds. The highest BCUT2D eigenvalue weighted by atomic mass is 16.4. The maximum Gasteiger partial charge on any atom is 0.303 e. The number of aromatic nitrogens is 2. The minimum Gasteiger partial charge on any atom is -0.481 e. The number of fused-ring (bicyclic) bond motifs is 1. The molecule has 20 heavy (non-hydrogen) atoms. The summed E-state index contributed by atoms with van der Waals surface area (Å²) in [6, 6.07) is 6.34. The molecule has 1 aromatic carbocycles. The Kier molecular flexibility index (Phi) is 4.42. The summed E-state index contributed by atoms with van der Waals surface area (Å²) in [6.45, 7) is 7.31. The van der Waals surface area contributed by atoms with E-state index in [1.807, 2.05) is 0 Å². The van der Waals surface area contributed by atoms with Gasteiger partial charge in [-0.2, -0.15) is 0 Å². The molecule has 0 spiro atoms. The Morgan fingerprint density at radius 2 is 2.15 bits per heavy atom. The third kappa shape index (κ3) is 3.18. The van der Waals surface area contributed by atoms with Crippen LogP contribution in [0.2, 0.25) is 0 Å². The predicted octanol–water partition coefficient (Wildman–Crippen LogP) is 3.27. The van der Waals surface area contributed by atoms with E-state index in [-0.39, 0.29) is 6.42 Å². The molecule has 0 aliphatic rings. The fraction of sp³-hybridized carbons (Fsp3) is 0.500. The van der Waals surface area contributed by atoms with E-state index in [9.17, 15) is 4.79 Å². The Morgan fingerprint density at radius 1 is 1.40 bits per heavy atom. The predicted molar refractivity (Wildman–Crippen MR) is 79.9 cm³/mol. The summed E-state index contributed by atoms with van der Waals surface area (Å²) in [5, 5.41) is 8.87. The van der Waals surface area contributed by atoms with Crippen LogP contribution in [-0.2, 0) is 24.2 Å². The standard InChI is InChI=1S/C16H22N2O2/c1-4-12-5-6-14-13(9-12)17-15(7-8-16(19)20)18(14)10-11(2)3/h5-6,9,11H,4,7-8,10H2,1-3H3,(H,19,20).